The molecule has 0 aliphatic carbocycles. The SMILES string of the molecule is Cc1ccc(-c2ccc(/C=N\NC(=O)c3cc4ccccc4o3)o2)c(Br)c1. The summed E-state index contributed by atoms with van der Waals surface area (Å²) in [4.78, 5) is 12.2. The number of hydrogen-bond acceptors (Lipinski definition) is 4. The van der Waals surface area contributed by atoms with E-state index < -0.39 is 5.91 Å². The number of benzene rings is 2. The molecule has 0 radical (unpaired) electrons. The average molecular weight is 423 g/mol. The van der Waals surface area contributed by atoms with Crippen molar-refractivity contribution in [1.82, 2.24) is 5.43 Å². The number of amides is 1. The fourth-order valence-electron chi connectivity index (χ4n) is 2.69. The van der Waals surface area contributed by atoms with Gasteiger partial charge in [0, 0.05) is 15.4 Å². The van der Waals surface area contributed by atoms with Crippen LogP contribution in [0, 0.1) is 6.92 Å². The molecule has 0 saturated carbocycles. The smallest absolute Gasteiger partial charge is 0.307 e. The maximum atomic E-state index is 12.2. The van der Waals surface area contributed by atoms with Gasteiger partial charge in [-0.25, -0.2) is 5.43 Å². The first-order valence-corrected chi connectivity index (χ1v) is 9.08. The highest BCUT2D eigenvalue weighted by atomic mass is 79.9. The van der Waals surface area contributed by atoms with Crippen LogP contribution >= 0.6 is 15.9 Å². The highest BCUT2D eigenvalue weighted by molar-refractivity contribution is 9.10. The molecule has 0 atom stereocenters. The summed E-state index contributed by atoms with van der Waals surface area (Å²) in [5.41, 5.74) is 5.21. The van der Waals surface area contributed by atoms with Gasteiger partial charge in [0.25, 0.3) is 0 Å². The molecule has 0 aliphatic rings. The van der Waals surface area contributed by atoms with Gasteiger partial charge in [0.05, 0.1) is 6.21 Å². The van der Waals surface area contributed by atoms with Crippen molar-refractivity contribution < 1.29 is 13.6 Å². The second-order valence-corrected chi connectivity index (χ2v) is 6.89. The number of carbonyl (C=O) groups is 1. The van der Waals surface area contributed by atoms with Gasteiger partial charge < -0.3 is 8.83 Å². The molecular formula is C21H15BrN2O3. The van der Waals surface area contributed by atoms with Gasteiger partial charge in [-0.1, -0.05) is 40.2 Å². The van der Waals surface area contributed by atoms with Gasteiger partial charge in [-0.2, -0.15) is 5.10 Å². The number of hydrogen-bond donors (Lipinski definition) is 1. The molecule has 4 rings (SSSR count). The Morgan fingerprint density at radius 2 is 1.93 bits per heavy atom. The summed E-state index contributed by atoms with van der Waals surface area (Å²) >= 11 is 3.54. The normalized spacial score (nSPS) is 11.3. The van der Waals surface area contributed by atoms with E-state index in [1.165, 1.54) is 6.21 Å². The number of carbonyl (C=O) groups excluding carboxylic acids is 1. The molecule has 134 valence electrons. The van der Waals surface area contributed by atoms with E-state index in [1.54, 1.807) is 12.1 Å². The summed E-state index contributed by atoms with van der Waals surface area (Å²) in [5, 5.41) is 4.81. The van der Waals surface area contributed by atoms with Crippen molar-refractivity contribution in [2.75, 3.05) is 0 Å². The zero-order chi connectivity index (χ0) is 18.8. The third-order valence-corrected chi connectivity index (χ3v) is 4.68. The highest BCUT2D eigenvalue weighted by Gasteiger charge is 2.11. The Balaban J connectivity index is 1.45. The minimum atomic E-state index is -0.421. The van der Waals surface area contributed by atoms with Crippen LogP contribution in [0.15, 0.2) is 79.1 Å². The van der Waals surface area contributed by atoms with Crippen molar-refractivity contribution in [3.05, 3.63) is 82.2 Å². The molecule has 0 aliphatic heterocycles. The minimum Gasteiger partial charge on any atom is -0.455 e. The first-order chi connectivity index (χ1) is 13.1. The minimum absolute atomic E-state index is 0.206. The number of aryl methyl sites for hydroxylation is 1. The summed E-state index contributed by atoms with van der Waals surface area (Å²) in [6.45, 7) is 2.03. The number of rotatable bonds is 4. The van der Waals surface area contributed by atoms with Gasteiger partial charge in [0.1, 0.15) is 17.1 Å². The zero-order valence-electron chi connectivity index (χ0n) is 14.4. The zero-order valence-corrected chi connectivity index (χ0v) is 16.0. The molecule has 1 amide bonds. The lowest BCUT2D eigenvalue weighted by atomic mass is 10.1. The third kappa shape index (κ3) is 3.71. The summed E-state index contributed by atoms with van der Waals surface area (Å²) in [7, 11) is 0. The van der Waals surface area contributed by atoms with Crippen LogP contribution in [-0.4, -0.2) is 12.1 Å². The van der Waals surface area contributed by atoms with E-state index in [0.29, 0.717) is 17.1 Å². The van der Waals surface area contributed by atoms with E-state index in [0.717, 1.165) is 21.0 Å². The van der Waals surface area contributed by atoms with Gasteiger partial charge in [-0.05, 0) is 48.9 Å². The van der Waals surface area contributed by atoms with Crippen LogP contribution < -0.4 is 5.43 Å². The summed E-state index contributed by atoms with van der Waals surface area (Å²) in [6.07, 6.45) is 1.45. The van der Waals surface area contributed by atoms with Crippen LogP contribution in [0.3, 0.4) is 0 Å². The molecule has 0 fully saturated rings. The van der Waals surface area contributed by atoms with Crippen molar-refractivity contribution in [3.63, 3.8) is 0 Å². The molecule has 2 aromatic heterocycles. The lowest BCUT2D eigenvalue weighted by Gasteiger charge is -2.01. The van der Waals surface area contributed by atoms with E-state index in [2.05, 4.69) is 26.5 Å². The highest BCUT2D eigenvalue weighted by Crippen LogP contribution is 2.30. The number of para-hydroxylation sites is 1. The largest absolute Gasteiger partial charge is 0.455 e. The molecule has 2 aromatic carbocycles. The summed E-state index contributed by atoms with van der Waals surface area (Å²) in [6, 6.07) is 18.8. The van der Waals surface area contributed by atoms with Crippen LogP contribution in [0.5, 0.6) is 0 Å². The lowest BCUT2D eigenvalue weighted by molar-refractivity contribution is 0.0929. The topological polar surface area (TPSA) is 67.7 Å². The first-order valence-electron chi connectivity index (χ1n) is 8.28. The maximum Gasteiger partial charge on any atom is 0.307 e. The predicted molar refractivity (Wildman–Crippen MR) is 108 cm³/mol. The fraction of sp³-hybridized carbons (Fsp3) is 0.0476. The fourth-order valence-corrected chi connectivity index (χ4v) is 3.38. The number of hydrazone groups is 1. The Kier molecular flexibility index (Phi) is 4.64. The van der Waals surface area contributed by atoms with Crippen molar-refractivity contribution >= 4 is 39.0 Å². The van der Waals surface area contributed by atoms with E-state index in [4.69, 9.17) is 8.83 Å². The third-order valence-electron chi connectivity index (χ3n) is 4.02. The van der Waals surface area contributed by atoms with Gasteiger partial charge >= 0.3 is 5.91 Å². The molecule has 4 aromatic rings. The average Bonchev–Trinajstić information content (AvgIpc) is 3.28. The van der Waals surface area contributed by atoms with E-state index in [1.807, 2.05) is 55.5 Å². The van der Waals surface area contributed by atoms with E-state index in [-0.39, 0.29) is 5.76 Å². The Labute approximate surface area is 163 Å². The number of fused-ring (bicyclic) bond motifs is 1. The van der Waals surface area contributed by atoms with Crippen LogP contribution in [0.25, 0.3) is 22.3 Å². The van der Waals surface area contributed by atoms with Crippen molar-refractivity contribution in [2.24, 2.45) is 5.10 Å². The van der Waals surface area contributed by atoms with Crippen LogP contribution in [0.2, 0.25) is 0 Å². The molecule has 5 nitrogen and oxygen atoms in total. The molecule has 1 N–H and O–H groups in total. The second kappa shape index (κ2) is 7.25. The van der Waals surface area contributed by atoms with Gasteiger partial charge in [-0.15, -0.1) is 0 Å². The molecule has 0 spiro atoms. The van der Waals surface area contributed by atoms with Gasteiger partial charge in [0.15, 0.2) is 5.76 Å². The molecule has 2 heterocycles. The standard InChI is InChI=1S/C21H15BrN2O3/c1-13-6-8-16(17(22)10-13)19-9-7-15(26-19)12-23-24-21(25)20-11-14-4-2-3-5-18(14)27-20/h2-12H,1H3,(H,24,25)/b23-12-. The number of nitrogens with one attached hydrogen (secondary N) is 1. The summed E-state index contributed by atoms with van der Waals surface area (Å²) in [5.74, 6) is 1.03. The van der Waals surface area contributed by atoms with Gasteiger partial charge in [0.2, 0.25) is 0 Å². The first kappa shape index (κ1) is 17.3. The maximum absolute atomic E-state index is 12.2. The van der Waals surface area contributed by atoms with E-state index in [9.17, 15) is 4.79 Å². The van der Waals surface area contributed by atoms with E-state index >= 15 is 0 Å². The Morgan fingerprint density at radius 1 is 1.07 bits per heavy atom. The Morgan fingerprint density at radius 3 is 2.74 bits per heavy atom. The Bertz CT molecular complexity index is 1120. The van der Waals surface area contributed by atoms with Gasteiger partial charge in [-0.3, -0.25) is 4.79 Å². The van der Waals surface area contributed by atoms with Crippen molar-refractivity contribution in [3.8, 4) is 11.3 Å². The van der Waals surface area contributed by atoms with Crippen LogP contribution in [-0.2, 0) is 0 Å². The van der Waals surface area contributed by atoms with Crippen molar-refractivity contribution in [2.45, 2.75) is 6.92 Å². The molecule has 0 saturated heterocycles. The van der Waals surface area contributed by atoms with Crippen molar-refractivity contribution in [1.29, 1.82) is 0 Å². The molecule has 0 unspecified atom stereocenters. The quantitative estimate of drug-likeness (QED) is 0.347. The molecular weight excluding hydrogens is 408 g/mol. The monoisotopic (exact) mass is 422 g/mol. The lowest BCUT2D eigenvalue weighted by Crippen LogP contribution is -2.16. The molecule has 27 heavy (non-hydrogen) atoms. The number of nitrogens with zero attached hydrogens (tertiary/aromatic N) is 1. The second-order valence-electron chi connectivity index (χ2n) is 6.03. The molecule has 6 heteroatoms. The molecule has 0 bridgehead atoms. The van der Waals surface area contributed by atoms with Crippen LogP contribution in [0.4, 0.5) is 0 Å². The predicted octanol–water partition coefficient (Wildman–Crippen LogP) is 5.53. The number of furan rings is 2. The summed E-state index contributed by atoms with van der Waals surface area (Å²) < 4.78 is 12.2. The van der Waals surface area contributed by atoms with Crippen LogP contribution in [0.1, 0.15) is 21.9 Å². The number of halogens is 1. The Hall–Kier alpha value is -3.12.